The predicted octanol–water partition coefficient (Wildman–Crippen LogP) is 3.38. The zero-order chi connectivity index (χ0) is 21.0. The molecule has 3 rings (SSSR count). The molecule has 0 unspecified atom stereocenters. The number of halogens is 3. The summed E-state index contributed by atoms with van der Waals surface area (Å²) < 4.78 is 40.8. The maximum Gasteiger partial charge on any atom is 0.416 e. The van der Waals surface area contributed by atoms with E-state index in [2.05, 4.69) is 10.4 Å². The van der Waals surface area contributed by atoms with Gasteiger partial charge in [0.25, 0.3) is 0 Å². The molecule has 0 radical (unpaired) electrons. The molecule has 29 heavy (non-hydrogen) atoms. The van der Waals surface area contributed by atoms with Crippen molar-refractivity contribution in [2.24, 2.45) is 5.92 Å². The summed E-state index contributed by atoms with van der Waals surface area (Å²) in [7, 11) is 0. The van der Waals surface area contributed by atoms with Gasteiger partial charge < -0.3 is 10.4 Å². The second-order valence-electron chi connectivity index (χ2n) is 7.24. The summed E-state index contributed by atoms with van der Waals surface area (Å²) in [6.45, 7) is 0.148. The van der Waals surface area contributed by atoms with Crippen molar-refractivity contribution in [3.05, 3.63) is 47.7 Å². The number of nitrogens with one attached hydrogen (secondary N) is 1. The summed E-state index contributed by atoms with van der Waals surface area (Å²) in [5, 5.41) is 15.7. The highest BCUT2D eigenvalue weighted by Gasteiger charge is 2.34. The van der Waals surface area contributed by atoms with Gasteiger partial charge in [-0.05, 0) is 30.4 Å². The fourth-order valence-corrected chi connectivity index (χ4v) is 3.62. The standard InChI is InChI=1S/C20H22F3N3O3/c21-20(22,23)15-3-1-2-14(12-15)17(11-13-4-5-16(28)10-13)19(29)24-18-6-7-26(25-18)8-9-27/h1-3,6-7,12-13,17,27H,4-5,8-11H2,(H,24,25,29)/t13-,17+/m0/s1. The van der Waals surface area contributed by atoms with Crippen LogP contribution >= 0.6 is 0 Å². The number of hydrogen-bond donors (Lipinski definition) is 2. The largest absolute Gasteiger partial charge is 0.416 e. The zero-order valence-electron chi connectivity index (χ0n) is 15.7. The Kier molecular flexibility index (Phi) is 6.36. The van der Waals surface area contributed by atoms with E-state index in [9.17, 15) is 22.8 Å². The Hall–Kier alpha value is -2.68. The molecule has 2 aromatic rings. The Labute approximate surface area is 165 Å². The lowest BCUT2D eigenvalue weighted by Gasteiger charge is -2.21. The van der Waals surface area contributed by atoms with Crippen LogP contribution in [0.4, 0.5) is 19.0 Å². The Bertz CT molecular complexity index is 879. The third-order valence-electron chi connectivity index (χ3n) is 5.07. The normalized spacial score (nSPS) is 18.1. The molecule has 2 N–H and O–H groups in total. The molecule has 0 bridgehead atoms. The average Bonchev–Trinajstić information content (AvgIpc) is 3.28. The van der Waals surface area contributed by atoms with E-state index in [1.807, 2.05) is 0 Å². The number of aliphatic hydroxyl groups is 1. The van der Waals surface area contributed by atoms with Crippen LogP contribution in [0.5, 0.6) is 0 Å². The van der Waals surface area contributed by atoms with Gasteiger partial charge in [-0.25, -0.2) is 0 Å². The molecule has 6 nitrogen and oxygen atoms in total. The topological polar surface area (TPSA) is 84.2 Å². The highest BCUT2D eigenvalue weighted by atomic mass is 19.4. The minimum absolute atomic E-state index is 0.0419. The second-order valence-corrected chi connectivity index (χ2v) is 7.24. The average molecular weight is 409 g/mol. The van der Waals surface area contributed by atoms with Crippen molar-refractivity contribution in [3.8, 4) is 0 Å². The van der Waals surface area contributed by atoms with E-state index in [1.54, 1.807) is 12.3 Å². The highest BCUT2D eigenvalue weighted by molar-refractivity contribution is 5.95. The molecule has 1 fully saturated rings. The zero-order valence-corrected chi connectivity index (χ0v) is 15.7. The van der Waals surface area contributed by atoms with Crippen molar-refractivity contribution in [3.63, 3.8) is 0 Å². The number of aromatic nitrogens is 2. The van der Waals surface area contributed by atoms with E-state index in [1.165, 1.54) is 16.8 Å². The second kappa shape index (κ2) is 8.77. The van der Waals surface area contributed by atoms with Crippen LogP contribution in [0.1, 0.15) is 42.7 Å². The van der Waals surface area contributed by atoms with Crippen molar-refractivity contribution >= 4 is 17.5 Å². The molecule has 0 aliphatic heterocycles. The molecular weight excluding hydrogens is 387 g/mol. The number of amides is 1. The molecule has 1 aromatic carbocycles. The van der Waals surface area contributed by atoms with Gasteiger partial charge in [-0.2, -0.15) is 18.3 Å². The van der Waals surface area contributed by atoms with Gasteiger partial charge in [-0.15, -0.1) is 0 Å². The molecule has 1 heterocycles. The van der Waals surface area contributed by atoms with Crippen LogP contribution in [-0.4, -0.2) is 33.2 Å². The fourth-order valence-electron chi connectivity index (χ4n) is 3.62. The Morgan fingerprint density at radius 2 is 2.14 bits per heavy atom. The van der Waals surface area contributed by atoms with Gasteiger partial charge in [0.05, 0.1) is 24.6 Å². The summed E-state index contributed by atoms with van der Waals surface area (Å²) in [5.41, 5.74) is -0.561. The van der Waals surface area contributed by atoms with Crippen molar-refractivity contribution < 1.29 is 27.9 Å². The van der Waals surface area contributed by atoms with Crippen LogP contribution < -0.4 is 5.32 Å². The monoisotopic (exact) mass is 409 g/mol. The Morgan fingerprint density at radius 3 is 2.79 bits per heavy atom. The summed E-state index contributed by atoms with van der Waals surface area (Å²) >= 11 is 0. The van der Waals surface area contributed by atoms with Gasteiger partial charge in [0.1, 0.15) is 5.78 Å². The van der Waals surface area contributed by atoms with E-state index in [0.717, 1.165) is 12.1 Å². The molecular formula is C20H22F3N3O3. The number of Topliss-reactive ketones (excluding diaryl/α,β-unsaturated/α-hetero) is 1. The summed E-state index contributed by atoms with van der Waals surface area (Å²) in [5.74, 6) is -0.988. The minimum Gasteiger partial charge on any atom is -0.394 e. The smallest absolute Gasteiger partial charge is 0.394 e. The lowest BCUT2D eigenvalue weighted by atomic mass is 9.86. The van der Waals surface area contributed by atoms with E-state index < -0.39 is 23.6 Å². The van der Waals surface area contributed by atoms with Crippen LogP contribution in [0.25, 0.3) is 0 Å². The first-order valence-corrected chi connectivity index (χ1v) is 9.40. The summed E-state index contributed by atoms with van der Waals surface area (Å²) in [4.78, 5) is 24.5. The van der Waals surface area contributed by atoms with E-state index in [-0.39, 0.29) is 42.7 Å². The van der Waals surface area contributed by atoms with Crippen molar-refractivity contribution in [2.45, 2.75) is 44.3 Å². The Balaban J connectivity index is 1.83. The van der Waals surface area contributed by atoms with Crippen LogP contribution in [0, 0.1) is 5.92 Å². The first-order chi connectivity index (χ1) is 13.8. The third-order valence-corrected chi connectivity index (χ3v) is 5.07. The molecule has 0 spiro atoms. The minimum atomic E-state index is -4.51. The van der Waals surface area contributed by atoms with Crippen molar-refractivity contribution in [1.82, 2.24) is 9.78 Å². The van der Waals surface area contributed by atoms with Gasteiger partial charge in [0, 0.05) is 25.1 Å². The SMILES string of the molecule is O=C1CC[C@H](C[C@@H](C(=O)Nc2ccn(CCO)n2)c2cccc(C(F)(F)F)c2)C1. The van der Waals surface area contributed by atoms with Crippen LogP contribution in [0.15, 0.2) is 36.5 Å². The maximum absolute atomic E-state index is 13.1. The molecule has 1 amide bonds. The van der Waals surface area contributed by atoms with E-state index in [0.29, 0.717) is 19.3 Å². The number of carbonyl (C=O) groups is 2. The van der Waals surface area contributed by atoms with Gasteiger partial charge in [0.15, 0.2) is 5.82 Å². The van der Waals surface area contributed by atoms with E-state index in [4.69, 9.17) is 5.11 Å². The first kappa shape index (κ1) is 21.0. The number of anilines is 1. The summed E-state index contributed by atoms with van der Waals surface area (Å²) in [6.07, 6.45) is -1.23. The highest BCUT2D eigenvalue weighted by Crippen LogP contribution is 2.36. The molecule has 1 aliphatic rings. The van der Waals surface area contributed by atoms with E-state index >= 15 is 0 Å². The van der Waals surface area contributed by atoms with Crippen molar-refractivity contribution in [1.29, 1.82) is 0 Å². The molecule has 0 saturated heterocycles. The van der Waals surface area contributed by atoms with Gasteiger partial charge in [-0.1, -0.05) is 18.2 Å². The Morgan fingerprint density at radius 1 is 1.34 bits per heavy atom. The van der Waals surface area contributed by atoms with Crippen LogP contribution in [0.2, 0.25) is 0 Å². The van der Waals surface area contributed by atoms with Gasteiger partial charge in [0.2, 0.25) is 5.91 Å². The number of carbonyl (C=O) groups excluding carboxylic acids is 2. The molecule has 1 saturated carbocycles. The molecule has 9 heteroatoms. The van der Waals surface area contributed by atoms with Crippen molar-refractivity contribution in [2.75, 3.05) is 11.9 Å². The van der Waals surface area contributed by atoms with Crippen LogP contribution in [-0.2, 0) is 22.3 Å². The fraction of sp³-hybridized carbons (Fsp3) is 0.450. The molecule has 1 aromatic heterocycles. The number of alkyl halides is 3. The maximum atomic E-state index is 13.1. The number of aliphatic hydroxyl groups excluding tert-OH is 1. The quantitative estimate of drug-likeness (QED) is 0.734. The van der Waals surface area contributed by atoms with Gasteiger partial charge >= 0.3 is 6.18 Å². The van der Waals surface area contributed by atoms with Gasteiger partial charge in [-0.3, -0.25) is 14.3 Å². The predicted molar refractivity (Wildman–Crippen MR) is 99.1 cm³/mol. The molecule has 2 atom stereocenters. The number of benzene rings is 1. The number of nitrogens with zero attached hydrogens (tertiary/aromatic N) is 2. The first-order valence-electron chi connectivity index (χ1n) is 9.40. The lowest BCUT2D eigenvalue weighted by molar-refractivity contribution is -0.137. The number of rotatable bonds is 7. The summed E-state index contributed by atoms with van der Waals surface area (Å²) in [6, 6.07) is 6.30. The third kappa shape index (κ3) is 5.44. The number of hydrogen-bond acceptors (Lipinski definition) is 4. The molecule has 1 aliphatic carbocycles. The lowest BCUT2D eigenvalue weighted by Crippen LogP contribution is -2.24. The van der Waals surface area contributed by atoms with Crippen LogP contribution in [0.3, 0.4) is 0 Å². The number of ketones is 1. The molecule has 156 valence electrons.